The molecule has 1 aliphatic rings. The molecular formula is C15H17Cl2NS. The minimum atomic E-state index is 0.155. The number of hydrogen-bond donors (Lipinski definition) is 0. The topological polar surface area (TPSA) is 23.8 Å². The molecule has 1 aromatic rings. The lowest BCUT2D eigenvalue weighted by Crippen LogP contribution is -2.25. The molecule has 0 aromatic heterocycles. The van der Waals surface area contributed by atoms with E-state index in [1.54, 1.807) is 11.8 Å². The van der Waals surface area contributed by atoms with Crippen molar-refractivity contribution in [2.45, 2.75) is 42.8 Å². The standard InChI is InChI=1S/C15H17Cl2NS/c1-2-10-3-4-11(9-18)15(7-10)19-12-5-6-13(16)14(17)8-12/h5-6,8,10-11,15H,2-4,7H2,1H3. The third-order valence-corrected chi connectivity index (χ3v) is 5.91. The van der Waals surface area contributed by atoms with Crippen LogP contribution in [0.25, 0.3) is 0 Å². The highest BCUT2D eigenvalue weighted by molar-refractivity contribution is 8.00. The fourth-order valence-corrected chi connectivity index (χ4v) is 4.36. The Morgan fingerprint density at radius 2 is 2.11 bits per heavy atom. The smallest absolute Gasteiger partial charge is 0.0667 e. The molecule has 0 radical (unpaired) electrons. The number of benzene rings is 1. The van der Waals surface area contributed by atoms with Crippen molar-refractivity contribution in [1.82, 2.24) is 0 Å². The van der Waals surface area contributed by atoms with Crippen LogP contribution in [0.2, 0.25) is 10.0 Å². The molecule has 0 heterocycles. The Balaban J connectivity index is 2.10. The summed E-state index contributed by atoms with van der Waals surface area (Å²) in [6, 6.07) is 8.18. The van der Waals surface area contributed by atoms with Crippen molar-refractivity contribution in [2.24, 2.45) is 11.8 Å². The Morgan fingerprint density at radius 3 is 2.74 bits per heavy atom. The van der Waals surface area contributed by atoms with Crippen molar-refractivity contribution < 1.29 is 0 Å². The van der Waals surface area contributed by atoms with E-state index in [-0.39, 0.29) is 5.92 Å². The number of thioether (sulfide) groups is 1. The van der Waals surface area contributed by atoms with E-state index in [0.29, 0.717) is 15.3 Å². The zero-order valence-electron chi connectivity index (χ0n) is 10.9. The van der Waals surface area contributed by atoms with E-state index in [2.05, 4.69) is 13.0 Å². The average Bonchev–Trinajstić information content (AvgIpc) is 2.43. The maximum Gasteiger partial charge on any atom is 0.0667 e. The number of nitriles is 1. The van der Waals surface area contributed by atoms with E-state index < -0.39 is 0 Å². The van der Waals surface area contributed by atoms with Crippen molar-refractivity contribution >= 4 is 35.0 Å². The molecule has 0 aliphatic heterocycles. The third-order valence-electron chi connectivity index (χ3n) is 3.82. The lowest BCUT2D eigenvalue weighted by Gasteiger charge is -2.31. The minimum Gasteiger partial charge on any atom is -0.198 e. The van der Waals surface area contributed by atoms with Crippen LogP contribution in [0.3, 0.4) is 0 Å². The summed E-state index contributed by atoms with van der Waals surface area (Å²) in [5, 5.41) is 10.8. The molecular weight excluding hydrogens is 297 g/mol. The summed E-state index contributed by atoms with van der Waals surface area (Å²) in [6.45, 7) is 2.23. The van der Waals surface area contributed by atoms with Crippen molar-refractivity contribution in [2.75, 3.05) is 0 Å². The molecule has 0 spiro atoms. The van der Waals surface area contributed by atoms with Gasteiger partial charge in [-0.3, -0.25) is 0 Å². The van der Waals surface area contributed by atoms with Gasteiger partial charge in [-0.25, -0.2) is 0 Å². The van der Waals surface area contributed by atoms with Gasteiger partial charge in [0.15, 0.2) is 0 Å². The molecule has 0 bridgehead atoms. The van der Waals surface area contributed by atoms with Crippen molar-refractivity contribution in [1.29, 1.82) is 5.26 Å². The first kappa shape index (κ1) is 15.0. The largest absolute Gasteiger partial charge is 0.198 e. The fourth-order valence-electron chi connectivity index (χ4n) is 2.59. The van der Waals surface area contributed by atoms with E-state index in [0.717, 1.165) is 23.7 Å². The van der Waals surface area contributed by atoms with Gasteiger partial charge < -0.3 is 0 Å². The molecule has 0 saturated heterocycles. The van der Waals surface area contributed by atoms with E-state index in [1.807, 2.05) is 18.2 Å². The van der Waals surface area contributed by atoms with Crippen LogP contribution in [0.4, 0.5) is 0 Å². The van der Waals surface area contributed by atoms with Gasteiger partial charge in [-0.1, -0.05) is 36.5 Å². The van der Waals surface area contributed by atoms with Crippen LogP contribution in [-0.4, -0.2) is 5.25 Å². The van der Waals surface area contributed by atoms with Crippen LogP contribution in [0.5, 0.6) is 0 Å². The SMILES string of the molecule is CCC1CCC(C#N)C(Sc2ccc(Cl)c(Cl)c2)C1. The summed E-state index contributed by atoms with van der Waals surface area (Å²) in [4.78, 5) is 1.11. The van der Waals surface area contributed by atoms with Crippen molar-refractivity contribution in [3.8, 4) is 6.07 Å². The predicted molar refractivity (Wildman–Crippen MR) is 82.8 cm³/mol. The zero-order chi connectivity index (χ0) is 13.8. The van der Waals surface area contributed by atoms with E-state index in [4.69, 9.17) is 23.2 Å². The van der Waals surface area contributed by atoms with Gasteiger partial charge in [0.1, 0.15) is 0 Å². The minimum absolute atomic E-state index is 0.155. The second-order valence-electron chi connectivity index (χ2n) is 5.06. The summed E-state index contributed by atoms with van der Waals surface area (Å²) < 4.78 is 0. The Hall–Kier alpha value is -0.360. The number of nitrogens with zero attached hydrogens (tertiary/aromatic N) is 1. The highest BCUT2D eigenvalue weighted by atomic mass is 35.5. The zero-order valence-corrected chi connectivity index (χ0v) is 13.2. The Bertz CT molecular complexity index is 484. The Morgan fingerprint density at radius 1 is 1.32 bits per heavy atom. The molecule has 1 saturated carbocycles. The van der Waals surface area contributed by atoms with Gasteiger partial charge in [0.2, 0.25) is 0 Å². The van der Waals surface area contributed by atoms with E-state index in [9.17, 15) is 5.26 Å². The first-order valence-corrected chi connectivity index (χ1v) is 8.29. The summed E-state index contributed by atoms with van der Waals surface area (Å²) in [6.07, 6.45) is 4.54. The first-order chi connectivity index (χ1) is 9.13. The summed E-state index contributed by atoms with van der Waals surface area (Å²) in [5.41, 5.74) is 0. The van der Waals surface area contributed by atoms with E-state index >= 15 is 0 Å². The summed E-state index contributed by atoms with van der Waals surface area (Å²) in [5.74, 6) is 0.909. The second kappa shape index (κ2) is 6.88. The molecule has 19 heavy (non-hydrogen) atoms. The van der Waals surface area contributed by atoms with E-state index in [1.165, 1.54) is 12.8 Å². The Kier molecular flexibility index (Phi) is 5.45. The maximum atomic E-state index is 9.29. The molecule has 4 heteroatoms. The van der Waals surface area contributed by atoms with Gasteiger partial charge in [0.05, 0.1) is 22.0 Å². The third kappa shape index (κ3) is 3.81. The predicted octanol–water partition coefficient (Wildman–Crippen LogP) is 5.80. The van der Waals surface area contributed by atoms with Crippen LogP contribution in [0.15, 0.2) is 23.1 Å². The first-order valence-electron chi connectivity index (χ1n) is 6.65. The monoisotopic (exact) mass is 313 g/mol. The molecule has 1 fully saturated rings. The molecule has 102 valence electrons. The van der Waals surface area contributed by atoms with Crippen molar-refractivity contribution in [3.05, 3.63) is 28.2 Å². The Labute approximate surface area is 129 Å². The van der Waals surface area contributed by atoms with Gasteiger partial charge in [0, 0.05) is 10.1 Å². The maximum absolute atomic E-state index is 9.29. The van der Waals surface area contributed by atoms with Crippen LogP contribution in [0.1, 0.15) is 32.6 Å². The van der Waals surface area contributed by atoms with Gasteiger partial charge in [-0.15, -0.1) is 11.8 Å². The molecule has 3 unspecified atom stereocenters. The van der Waals surface area contributed by atoms with Crippen LogP contribution >= 0.6 is 35.0 Å². The van der Waals surface area contributed by atoms with Crippen molar-refractivity contribution in [3.63, 3.8) is 0 Å². The second-order valence-corrected chi connectivity index (χ2v) is 7.18. The molecule has 1 aromatic carbocycles. The van der Waals surface area contributed by atoms with Gasteiger partial charge in [-0.2, -0.15) is 5.26 Å². The fraction of sp³-hybridized carbons (Fsp3) is 0.533. The number of hydrogen-bond acceptors (Lipinski definition) is 2. The molecule has 2 rings (SSSR count). The van der Waals surface area contributed by atoms with Crippen LogP contribution < -0.4 is 0 Å². The molecule has 3 atom stereocenters. The summed E-state index contributed by atoms with van der Waals surface area (Å²) in [7, 11) is 0. The van der Waals surface area contributed by atoms with Gasteiger partial charge in [0.25, 0.3) is 0 Å². The summed E-state index contributed by atoms with van der Waals surface area (Å²) >= 11 is 13.8. The lowest BCUT2D eigenvalue weighted by molar-refractivity contribution is 0.317. The number of halogens is 2. The highest BCUT2D eigenvalue weighted by Gasteiger charge is 2.30. The van der Waals surface area contributed by atoms with Crippen LogP contribution in [-0.2, 0) is 0 Å². The molecule has 0 N–H and O–H groups in total. The molecule has 0 amide bonds. The molecule has 1 aliphatic carbocycles. The normalized spacial score (nSPS) is 26.9. The van der Waals surface area contributed by atoms with Crippen LogP contribution in [0, 0.1) is 23.2 Å². The van der Waals surface area contributed by atoms with Gasteiger partial charge in [-0.05, 0) is 43.4 Å². The quantitative estimate of drug-likeness (QED) is 0.703. The van der Waals surface area contributed by atoms with Gasteiger partial charge >= 0.3 is 0 Å². The highest BCUT2D eigenvalue weighted by Crippen LogP contribution is 2.41. The molecule has 1 nitrogen and oxygen atoms in total. The number of rotatable bonds is 3. The average molecular weight is 314 g/mol. The lowest BCUT2D eigenvalue weighted by atomic mass is 9.81.